The van der Waals surface area contributed by atoms with E-state index in [1.807, 2.05) is 0 Å². The van der Waals surface area contributed by atoms with Gasteiger partial charge in [-0.3, -0.25) is 0 Å². The third-order valence-electron chi connectivity index (χ3n) is 3.81. The van der Waals surface area contributed by atoms with E-state index in [9.17, 15) is 0 Å². The van der Waals surface area contributed by atoms with Crippen molar-refractivity contribution in [1.82, 2.24) is 10.2 Å². The zero-order valence-electron chi connectivity index (χ0n) is 12.5. The minimum Gasteiger partial charge on any atom is -0.316 e. The van der Waals surface area contributed by atoms with Crippen molar-refractivity contribution >= 4 is 0 Å². The van der Waals surface area contributed by atoms with E-state index in [2.05, 4.69) is 44.8 Å². The van der Waals surface area contributed by atoms with Crippen molar-refractivity contribution in [1.29, 1.82) is 0 Å². The van der Waals surface area contributed by atoms with E-state index in [0.717, 1.165) is 30.3 Å². The van der Waals surface area contributed by atoms with E-state index in [-0.39, 0.29) is 0 Å². The number of nitrogens with one attached hydrogen (secondary N) is 1. The number of rotatable bonds is 6. The molecule has 0 aromatic rings. The molecule has 0 bridgehead atoms. The molecule has 2 heteroatoms. The lowest BCUT2D eigenvalue weighted by molar-refractivity contribution is 0.0987. The highest BCUT2D eigenvalue weighted by molar-refractivity contribution is 4.78. The van der Waals surface area contributed by atoms with Crippen LogP contribution in [0, 0.1) is 17.8 Å². The van der Waals surface area contributed by atoms with Crippen LogP contribution in [-0.2, 0) is 0 Å². The van der Waals surface area contributed by atoms with Gasteiger partial charge in [-0.1, -0.05) is 27.7 Å². The molecule has 0 amide bonds. The molecule has 0 saturated carbocycles. The van der Waals surface area contributed by atoms with Gasteiger partial charge < -0.3 is 10.2 Å². The maximum absolute atomic E-state index is 3.55. The van der Waals surface area contributed by atoms with Crippen molar-refractivity contribution in [3.63, 3.8) is 0 Å². The lowest BCUT2D eigenvalue weighted by Crippen LogP contribution is -2.44. The monoisotopic (exact) mass is 240 g/mol. The van der Waals surface area contributed by atoms with E-state index < -0.39 is 0 Å². The van der Waals surface area contributed by atoms with Gasteiger partial charge in [-0.15, -0.1) is 0 Å². The van der Waals surface area contributed by atoms with Crippen molar-refractivity contribution in [3.8, 4) is 0 Å². The fourth-order valence-electron chi connectivity index (χ4n) is 2.96. The molecule has 1 aliphatic heterocycles. The summed E-state index contributed by atoms with van der Waals surface area (Å²) < 4.78 is 0. The summed E-state index contributed by atoms with van der Waals surface area (Å²) in [7, 11) is 0. The maximum atomic E-state index is 3.55. The minimum atomic E-state index is 0.736. The third-order valence-corrected chi connectivity index (χ3v) is 3.81. The van der Waals surface area contributed by atoms with Gasteiger partial charge >= 0.3 is 0 Å². The molecule has 102 valence electrons. The van der Waals surface area contributed by atoms with Crippen molar-refractivity contribution < 1.29 is 0 Å². The molecular formula is C15H32N2. The Morgan fingerprint density at radius 2 is 1.71 bits per heavy atom. The largest absolute Gasteiger partial charge is 0.316 e. The zero-order chi connectivity index (χ0) is 12.8. The van der Waals surface area contributed by atoms with Crippen molar-refractivity contribution in [2.75, 3.05) is 26.2 Å². The first-order valence-electron chi connectivity index (χ1n) is 7.43. The summed E-state index contributed by atoms with van der Waals surface area (Å²) in [5, 5.41) is 3.55. The Balaban J connectivity index is 2.20. The van der Waals surface area contributed by atoms with Gasteiger partial charge in [0.15, 0.2) is 0 Å². The first-order valence-corrected chi connectivity index (χ1v) is 7.43. The summed E-state index contributed by atoms with van der Waals surface area (Å²) in [4.78, 5) is 2.69. The van der Waals surface area contributed by atoms with Gasteiger partial charge in [0, 0.05) is 19.1 Å². The standard InChI is InChI=1S/C15H32N2/c1-12(2)9-16-7-6-15(5)17-10-13(3)8-14(4)11-17/h12-16H,6-11H2,1-5H3. The summed E-state index contributed by atoms with van der Waals surface area (Å²) >= 11 is 0. The molecule has 0 aliphatic carbocycles. The van der Waals surface area contributed by atoms with Crippen LogP contribution in [0.4, 0.5) is 0 Å². The summed E-state index contributed by atoms with van der Waals surface area (Å²) in [6, 6.07) is 0.736. The predicted octanol–water partition coefficient (Wildman–Crippen LogP) is 2.99. The number of likely N-dealkylation sites (tertiary alicyclic amines) is 1. The molecule has 1 saturated heterocycles. The molecule has 1 aliphatic rings. The van der Waals surface area contributed by atoms with Crippen LogP contribution in [0.3, 0.4) is 0 Å². The van der Waals surface area contributed by atoms with Gasteiger partial charge in [0.1, 0.15) is 0 Å². The summed E-state index contributed by atoms with van der Waals surface area (Å²) in [5.74, 6) is 2.52. The second-order valence-corrected chi connectivity index (χ2v) is 6.64. The number of hydrogen-bond acceptors (Lipinski definition) is 2. The Kier molecular flexibility index (Phi) is 6.50. The van der Waals surface area contributed by atoms with Crippen LogP contribution in [0.25, 0.3) is 0 Å². The molecule has 1 rings (SSSR count). The van der Waals surface area contributed by atoms with Crippen LogP contribution < -0.4 is 5.32 Å². The number of piperidine rings is 1. The highest BCUT2D eigenvalue weighted by Crippen LogP contribution is 2.23. The third kappa shape index (κ3) is 5.87. The molecule has 0 aromatic carbocycles. The molecule has 3 atom stereocenters. The first-order chi connectivity index (χ1) is 7.99. The lowest BCUT2D eigenvalue weighted by Gasteiger charge is -2.39. The van der Waals surface area contributed by atoms with Crippen molar-refractivity contribution in [2.24, 2.45) is 17.8 Å². The molecule has 0 aromatic heterocycles. The van der Waals surface area contributed by atoms with E-state index in [1.165, 1.54) is 32.5 Å². The molecule has 2 nitrogen and oxygen atoms in total. The zero-order valence-corrected chi connectivity index (χ0v) is 12.5. The molecule has 0 radical (unpaired) electrons. The van der Waals surface area contributed by atoms with Crippen LogP contribution in [0.2, 0.25) is 0 Å². The molecule has 17 heavy (non-hydrogen) atoms. The maximum Gasteiger partial charge on any atom is 0.00792 e. The van der Waals surface area contributed by atoms with E-state index in [1.54, 1.807) is 0 Å². The Morgan fingerprint density at radius 1 is 1.12 bits per heavy atom. The normalized spacial score (nSPS) is 28.6. The Morgan fingerprint density at radius 3 is 2.24 bits per heavy atom. The van der Waals surface area contributed by atoms with Crippen LogP contribution in [0.15, 0.2) is 0 Å². The van der Waals surface area contributed by atoms with Crippen LogP contribution in [0.5, 0.6) is 0 Å². The second-order valence-electron chi connectivity index (χ2n) is 6.64. The Labute approximate surface area is 108 Å². The fourth-order valence-corrected chi connectivity index (χ4v) is 2.96. The van der Waals surface area contributed by atoms with Crippen LogP contribution >= 0.6 is 0 Å². The summed E-state index contributed by atoms with van der Waals surface area (Å²) in [6.45, 7) is 16.6. The molecule has 1 heterocycles. The van der Waals surface area contributed by atoms with Gasteiger partial charge in [-0.25, -0.2) is 0 Å². The topological polar surface area (TPSA) is 15.3 Å². The van der Waals surface area contributed by atoms with E-state index >= 15 is 0 Å². The van der Waals surface area contributed by atoms with Crippen LogP contribution in [0.1, 0.15) is 47.5 Å². The lowest BCUT2D eigenvalue weighted by atomic mass is 9.90. The van der Waals surface area contributed by atoms with Crippen molar-refractivity contribution in [3.05, 3.63) is 0 Å². The first kappa shape index (κ1) is 15.0. The smallest absolute Gasteiger partial charge is 0.00792 e. The number of hydrogen-bond donors (Lipinski definition) is 1. The average molecular weight is 240 g/mol. The van der Waals surface area contributed by atoms with E-state index in [0.29, 0.717) is 0 Å². The Hall–Kier alpha value is -0.0800. The Bertz CT molecular complexity index is 193. The van der Waals surface area contributed by atoms with Gasteiger partial charge in [0.2, 0.25) is 0 Å². The van der Waals surface area contributed by atoms with E-state index in [4.69, 9.17) is 0 Å². The average Bonchev–Trinajstić information content (AvgIpc) is 2.22. The highest BCUT2D eigenvalue weighted by Gasteiger charge is 2.24. The number of nitrogens with zero attached hydrogens (tertiary/aromatic N) is 1. The predicted molar refractivity (Wildman–Crippen MR) is 76.3 cm³/mol. The van der Waals surface area contributed by atoms with Gasteiger partial charge in [0.05, 0.1) is 0 Å². The van der Waals surface area contributed by atoms with Gasteiger partial charge in [-0.2, -0.15) is 0 Å². The van der Waals surface area contributed by atoms with Gasteiger partial charge in [0.25, 0.3) is 0 Å². The molecule has 1 fully saturated rings. The van der Waals surface area contributed by atoms with Crippen LogP contribution in [-0.4, -0.2) is 37.1 Å². The molecule has 3 unspecified atom stereocenters. The summed E-state index contributed by atoms with van der Waals surface area (Å²) in [6.07, 6.45) is 2.70. The molecule has 1 N–H and O–H groups in total. The van der Waals surface area contributed by atoms with Crippen molar-refractivity contribution in [2.45, 2.75) is 53.5 Å². The SMILES string of the molecule is CC(C)CNCCC(C)N1CC(C)CC(C)C1. The van der Waals surface area contributed by atoms with Gasteiger partial charge in [-0.05, 0) is 50.6 Å². The quantitative estimate of drug-likeness (QED) is 0.718. The fraction of sp³-hybridized carbons (Fsp3) is 1.00. The molecule has 0 spiro atoms. The summed E-state index contributed by atoms with van der Waals surface area (Å²) in [5.41, 5.74) is 0. The highest BCUT2D eigenvalue weighted by atomic mass is 15.2. The molecular weight excluding hydrogens is 208 g/mol. The second kappa shape index (κ2) is 7.38. The minimum absolute atomic E-state index is 0.736.